The summed E-state index contributed by atoms with van der Waals surface area (Å²) in [5.74, 6) is 0.849. The quantitative estimate of drug-likeness (QED) is 0.662. The van der Waals surface area contributed by atoms with Gasteiger partial charge in [-0.3, -0.25) is 9.69 Å². The summed E-state index contributed by atoms with van der Waals surface area (Å²) in [6.07, 6.45) is 8.56. The first-order valence-electron chi connectivity index (χ1n) is 7.85. The fraction of sp³-hybridized carbons (Fsp3) is 0.812. The third kappa shape index (κ3) is 6.24. The Hall–Kier alpha value is -0.830. The van der Waals surface area contributed by atoms with Crippen LogP contribution in [0.5, 0.6) is 0 Å². The number of carbonyl (C=O) groups is 1. The van der Waals surface area contributed by atoms with E-state index in [0.29, 0.717) is 5.92 Å². The first kappa shape index (κ1) is 16.2. The fourth-order valence-electron chi connectivity index (χ4n) is 2.72. The first-order valence-corrected chi connectivity index (χ1v) is 7.85. The predicted octanol–water partition coefficient (Wildman–Crippen LogP) is 2.92. The van der Waals surface area contributed by atoms with Gasteiger partial charge in [0, 0.05) is 25.7 Å². The van der Waals surface area contributed by atoms with Crippen LogP contribution >= 0.6 is 0 Å². The lowest BCUT2D eigenvalue weighted by molar-refractivity contribution is -0.127. The highest BCUT2D eigenvalue weighted by atomic mass is 16.2. The van der Waals surface area contributed by atoms with E-state index in [1.54, 1.807) is 6.08 Å². The molecule has 0 N–H and O–H groups in total. The Morgan fingerprint density at radius 1 is 1.32 bits per heavy atom. The van der Waals surface area contributed by atoms with Crippen LogP contribution in [0, 0.1) is 5.92 Å². The molecule has 19 heavy (non-hydrogen) atoms. The number of hydrogen-bond donors (Lipinski definition) is 0. The van der Waals surface area contributed by atoms with Crippen molar-refractivity contribution in [1.29, 1.82) is 0 Å². The molecule has 3 nitrogen and oxygen atoms in total. The van der Waals surface area contributed by atoms with Crippen molar-refractivity contribution in [1.82, 2.24) is 9.80 Å². The third-order valence-electron chi connectivity index (χ3n) is 3.67. The SMILES string of the molecule is CCCN(C/C=C/C(=O)N1CCCC(C)C1)CCC. The Morgan fingerprint density at radius 2 is 2.00 bits per heavy atom. The van der Waals surface area contributed by atoms with Gasteiger partial charge in [0.1, 0.15) is 0 Å². The number of nitrogens with zero attached hydrogens (tertiary/aromatic N) is 2. The number of amides is 1. The smallest absolute Gasteiger partial charge is 0.246 e. The molecule has 0 saturated carbocycles. The summed E-state index contributed by atoms with van der Waals surface area (Å²) in [7, 11) is 0. The van der Waals surface area contributed by atoms with Crippen molar-refractivity contribution >= 4 is 5.91 Å². The molecule has 0 spiro atoms. The maximum atomic E-state index is 12.1. The van der Waals surface area contributed by atoms with Crippen molar-refractivity contribution in [2.75, 3.05) is 32.7 Å². The zero-order valence-corrected chi connectivity index (χ0v) is 12.9. The second-order valence-corrected chi connectivity index (χ2v) is 5.73. The molecule has 1 fully saturated rings. The molecular formula is C16H30N2O. The van der Waals surface area contributed by atoms with Gasteiger partial charge in [-0.25, -0.2) is 0 Å². The van der Waals surface area contributed by atoms with Gasteiger partial charge in [0.15, 0.2) is 0 Å². The van der Waals surface area contributed by atoms with E-state index in [0.717, 1.165) is 39.1 Å². The van der Waals surface area contributed by atoms with E-state index < -0.39 is 0 Å². The maximum Gasteiger partial charge on any atom is 0.246 e. The Morgan fingerprint density at radius 3 is 2.58 bits per heavy atom. The van der Waals surface area contributed by atoms with Crippen LogP contribution < -0.4 is 0 Å². The zero-order valence-electron chi connectivity index (χ0n) is 12.9. The van der Waals surface area contributed by atoms with Gasteiger partial charge in [0.25, 0.3) is 0 Å². The highest BCUT2D eigenvalue weighted by molar-refractivity contribution is 5.87. The van der Waals surface area contributed by atoms with Gasteiger partial charge in [-0.1, -0.05) is 26.8 Å². The summed E-state index contributed by atoms with van der Waals surface area (Å²) in [6.45, 7) is 11.6. The summed E-state index contributed by atoms with van der Waals surface area (Å²) < 4.78 is 0. The van der Waals surface area contributed by atoms with Crippen LogP contribution in [0.1, 0.15) is 46.5 Å². The maximum absolute atomic E-state index is 12.1. The van der Waals surface area contributed by atoms with E-state index in [1.165, 1.54) is 19.3 Å². The van der Waals surface area contributed by atoms with Crippen LogP contribution in [-0.4, -0.2) is 48.4 Å². The summed E-state index contributed by atoms with van der Waals surface area (Å²) in [6, 6.07) is 0. The minimum atomic E-state index is 0.194. The van der Waals surface area contributed by atoms with Crippen molar-refractivity contribution in [3.8, 4) is 0 Å². The molecule has 0 aliphatic carbocycles. The molecule has 3 heteroatoms. The number of piperidine rings is 1. The van der Waals surface area contributed by atoms with E-state index in [1.807, 2.05) is 11.0 Å². The van der Waals surface area contributed by atoms with Crippen molar-refractivity contribution in [3.63, 3.8) is 0 Å². The molecule has 1 aliphatic heterocycles. The summed E-state index contributed by atoms with van der Waals surface area (Å²) in [5.41, 5.74) is 0. The molecule has 0 aromatic carbocycles. The van der Waals surface area contributed by atoms with Crippen LogP contribution in [-0.2, 0) is 4.79 Å². The molecule has 0 bridgehead atoms. The molecular weight excluding hydrogens is 236 g/mol. The molecule has 1 rings (SSSR count). The number of rotatable bonds is 7. The van der Waals surface area contributed by atoms with Crippen LogP contribution in [0.2, 0.25) is 0 Å². The van der Waals surface area contributed by atoms with Crippen molar-refractivity contribution < 1.29 is 4.79 Å². The summed E-state index contributed by atoms with van der Waals surface area (Å²) in [4.78, 5) is 16.5. The number of hydrogen-bond acceptors (Lipinski definition) is 2. The predicted molar refractivity (Wildman–Crippen MR) is 81.1 cm³/mol. The van der Waals surface area contributed by atoms with Crippen LogP contribution in [0.25, 0.3) is 0 Å². The van der Waals surface area contributed by atoms with Gasteiger partial charge >= 0.3 is 0 Å². The first-order chi connectivity index (χ1) is 9.17. The average molecular weight is 266 g/mol. The van der Waals surface area contributed by atoms with E-state index >= 15 is 0 Å². The van der Waals surface area contributed by atoms with Gasteiger partial charge in [0.2, 0.25) is 5.91 Å². The van der Waals surface area contributed by atoms with E-state index in [4.69, 9.17) is 0 Å². The molecule has 110 valence electrons. The van der Waals surface area contributed by atoms with E-state index in [-0.39, 0.29) is 5.91 Å². The number of likely N-dealkylation sites (tertiary alicyclic amines) is 1. The van der Waals surface area contributed by atoms with Gasteiger partial charge in [-0.15, -0.1) is 0 Å². The van der Waals surface area contributed by atoms with Gasteiger partial charge < -0.3 is 4.90 Å². The standard InChI is InChI=1S/C16H30N2O/c1-4-10-17(11-5-2)12-7-9-16(19)18-13-6-8-15(3)14-18/h7,9,15H,4-6,8,10-14H2,1-3H3/b9-7+. The van der Waals surface area contributed by atoms with Gasteiger partial charge in [0.05, 0.1) is 0 Å². The summed E-state index contributed by atoms with van der Waals surface area (Å²) in [5, 5.41) is 0. The van der Waals surface area contributed by atoms with Gasteiger partial charge in [-0.2, -0.15) is 0 Å². The Bertz CT molecular complexity index is 282. The Labute approximate surface area is 118 Å². The highest BCUT2D eigenvalue weighted by Crippen LogP contribution is 2.15. The topological polar surface area (TPSA) is 23.6 Å². The van der Waals surface area contributed by atoms with Gasteiger partial charge in [-0.05, 0) is 44.7 Å². The largest absolute Gasteiger partial charge is 0.339 e. The molecule has 0 aromatic heterocycles. The molecule has 0 aromatic rings. The second-order valence-electron chi connectivity index (χ2n) is 5.73. The Kier molecular flexibility index (Phi) is 7.80. The van der Waals surface area contributed by atoms with Crippen LogP contribution in [0.3, 0.4) is 0 Å². The second kappa shape index (κ2) is 9.13. The molecule has 1 heterocycles. The summed E-state index contributed by atoms with van der Waals surface area (Å²) >= 11 is 0. The molecule has 1 unspecified atom stereocenters. The molecule has 1 amide bonds. The van der Waals surface area contributed by atoms with Crippen LogP contribution in [0.4, 0.5) is 0 Å². The minimum Gasteiger partial charge on any atom is -0.339 e. The molecule has 1 saturated heterocycles. The lowest BCUT2D eigenvalue weighted by Gasteiger charge is -2.30. The Balaban J connectivity index is 2.35. The third-order valence-corrected chi connectivity index (χ3v) is 3.67. The fourth-order valence-corrected chi connectivity index (χ4v) is 2.72. The number of carbonyl (C=O) groups excluding carboxylic acids is 1. The molecule has 1 atom stereocenters. The lowest BCUT2D eigenvalue weighted by atomic mass is 10.0. The molecule has 0 radical (unpaired) electrons. The highest BCUT2D eigenvalue weighted by Gasteiger charge is 2.18. The normalized spacial score (nSPS) is 20.4. The van der Waals surface area contributed by atoms with Crippen LogP contribution in [0.15, 0.2) is 12.2 Å². The van der Waals surface area contributed by atoms with Crippen molar-refractivity contribution in [3.05, 3.63) is 12.2 Å². The van der Waals surface area contributed by atoms with Crippen molar-refractivity contribution in [2.45, 2.75) is 46.5 Å². The molecule has 1 aliphatic rings. The zero-order chi connectivity index (χ0) is 14.1. The van der Waals surface area contributed by atoms with E-state index in [9.17, 15) is 4.79 Å². The minimum absolute atomic E-state index is 0.194. The monoisotopic (exact) mass is 266 g/mol. The van der Waals surface area contributed by atoms with Crippen molar-refractivity contribution in [2.24, 2.45) is 5.92 Å². The van der Waals surface area contributed by atoms with E-state index in [2.05, 4.69) is 25.7 Å². The lowest BCUT2D eigenvalue weighted by Crippen LogP contribution is -2.38. The average Bonchev–Trinajstić information content (AvgIpc) is 2.39.